The molecular formula is C10H14BrN3OS. The lowest BCUT2D eigenvalue weighted by Crippen LogP contribution is -2.40. The van der Waals surface area contributed by atoms with Gasteiger partial charge in [0.05, 0.1) is 10.8 Å². The number of likely N-dealkylation sites (N-methyl/N-ethyl adjacent to an activating group) is 1. The summed E-state index contributed by atoms with van der Waals surface area (Å²) in [5.74, 6) is 0. The molecule has 2 rings (SSSR count). The third-order valence-electron chi connectivity index (χ3n) is 2.58. The summed E-state index contributed by atoms with van der Waals surface area (Å²) in [5, 5.41) is 3.55. The van der Waals surface area contributed by atoms with Crippen molar-refractivity contribution in [2.45, 2.75) is 19.5 Å². The van der Waals surface area contributed by atoms with E-state index in [9.17, 15) is 4.21 Å². The Balaban J connectivity index is 2.31. The van der Waals surface area contributed by atoms with Crippen molar-refractivity contribution in [3.63, 3.8) is 0 Å². The molecule has 0 amide bonds. The molecule has 2 aliphatic rings. The standard InChI is InChI=1S/C10H14BrN3OS/c1-3-14-6-8(11)4-7-5-12-10(16(2)15)13-9(7)14/h5-6,9H,3-4H2,1-2H3,(H,12,13). The van der Waals surface area contributed by atoms with E-state index in [0.29, 0.717) is 5.17 Å². The van der Waals surface area contributed by atoms with Gasteiger partial charge in [-0.2, -0.15) is 0 Å². The van der Waals surface area contributed by atoms with Crippen molar-refractivity contribution < 1.29 is 4.21 Å². The zero-order chi connectivity index (χ0) is 11.7. The molecule has 0 fully saturated rings. The monoisotopic (exact) mass is 303 g/mol. The first-order chi connectivity index (χ1) is 7.61. The summed E-state index contributed by atoms with van der Waals surface area (Å²) in [6, 6.07) is 0. The highest BCUT2D eigenvalue weighted by Crippen LogP contribution is 2.30. The summed E-state index contributed by atoms with van der Waals surface area (Å²) in [6.45, 7) is 2.96. The average molecular weight is 304 g/mol. The summed E-state index contributed by atoms with van der Waals surface area (Å²) in [7, 11) is -1.06. The SMILES string of the molecule is CCN1C=C(Br)CC2=CNC(S(C)=O)=NC21. The van der Waals surface area contributed by atoms with Crippen molar-refractivity contribution in [2.24, 2.45) is 4.99 Å². The molecular weight excluding hydrogens is 290 g/mol. The van der Waals surface area contributed by atoms with Crippen LogP contribution in [0, 0.1) is 0 Å². The van der Waals surface area contributed by atoms with E-state index in [4.69, 9.17) is 0 Å². The van der Waals surface area contributed by atoms with Crippen LogP contribution in [0.3, 0.4) is 0 Å². The Morgan fingerprint density at radius 2 is 2.50 bits per heavy atom. The van der Waals surface area contributed by atoms with Crippen LogP contribution in [0.25, 0.3) is 0 Å². The minimum atomic E-state index is -1.06. The summed E-state index contributed by atoms with van der Waals surface area (Å²) in [6.07, 6.45) is 6.49. The zero-order valence-corrected chi connectivity index (χ0v) is 11.6. The molecule has 2 aliphatic heterocycles. The van der Waals surface area contributed by atoms with Gasteiger partial charge >= 0.3 is 0 Å². The van der Waals surface area contributed by atoms with Crippen LogP contribution in [0.5, 0.6) is 0 Å². The third kappa shape index (κ3) is 2.22. The topological polar surface area (TPSA) is 44.7 Å². The molecule has 0 aromatic heterocycles. The van der Waals surface area contributed by atoms with Crippen molar-refractivity contribution in [3.05, 3.63) is 22.5 Å². The fourth-order valence-electron chi connectivity index (χ4n) is 1.80. The summed E-state index contributed by atoms with van der Waals surface area (Å²) in [4.78, 5) is 6.62. The number of halogens is 1. The van der Waals surface area contributed by atoms with Gasteiger partial charge in [-0.3, -0.25) is 4.21 Å². The number of hydrogen-bond acceptors (Lipinski definition) is 4. The summed E-state index contributed by atoms with van der Waals surface area (Å²) in [5.41, 5.74) is 1.20. The minimum absolute atomic E-state index is 0.00597. The molecule has 88 valence electrons. The van der Waals surface area contributed by atoms with E-state index in [2.05, 4.69) is 44.3 Å². The molecule has 2 heterocycles. The number of amidine groups is 1. The van der Waals surface area contributed by atoms with Gasteiger partial charge in [0.2, 0.25) is 0 Å². The smallest absolute Gasteiger partial charge is 0.193 e. The first kappa shape index (κ1) is 11.9. The van der Waals surface area contributed by atoms with Gasteiger partial charge in [0.1, 0.15) is 6.17 Å². The van der Waals surface area contributed by atoms with Crippen molar-refractivity contribution in [2.75, 3.05) is 12.8 Å². The Hall–Kier alpha value is -0.620. The lowest BCUT2D eigenvalue weighted by atomic mass is 10.1. The largest absolute Gasteiger partial charge is 0.352 e. The van der Waals surface area contributed by atoms with Gasteiger partial charge < -0.3 is 10.2 Å². The quantitative estimate of drug-likeness (QED) is 0.798. The van der Waals surface area contributed by atoms with E-state index in [1.165, 1.54) is 5.57 Å². The predicted molar refractivity (Wildman–Crippen MR) is 70.5 cm³/mol. The van der Waals surface area contributed by atoms with Crippen molar-refractivity contribution in [1.82, 2.24) is 10.2 Å². The van der Waals surface area contributed by atoms with Crippen LogP contribution in [0.15, 0.2) is 27.4 Å². The second kappa shape index (κ2) is 4.71. The predicted octanol–water partition coefficient (Wildman–Crippen LogP) is 1.50. The molecule has 0 spiro atoms. The second-order valence-corrected chi connectivity index (χ2v) is 6.02. The zero-order valence-electron chi connectivity index (χ0n) is 9.24. The lowest BCUT2D eigenvalue weighted by Gasteiger charge is -2.35. The molecule has 0 aliphatic carbocycles. The number of nitrogens with zero attached hydrogens (tertiary/aromatic N) is 2. The van der Waals surface area contributed by atoms with Crippen LogP contribution in [-0.2, 0) is 10.8 Å². The first-order valence-corrected chi connectivity index (χ1v) is 7.45. The van der Waals surface area contributed by atoms with Crippen LogP contribution in [-0.4, -0.2) is 33.2 Å². The van der Waals surface area contributed by atoms with Gasteiger partial charge in [-0.15, -0.1) is 0 Å². The van der Waals surface area contributed by atoms with E-state index < -0.39 is 10.8 Å². The number of rotatable bonds is 1. The number of fused-ring (bicyclic) bond motifs is 1. The molecule has 0 saturated carbocycles. The first-order valence-electron chi connectivity index (χ1n) is 5.10. The Kier molecular flexibility index (Phi) is 3.49. The van der Waals surface area contributed by atoms with Crippen molar-refractivity contribution in [1.29, 1.82) is 0 Å². The van der Waals surface area contributed by atoms with Crippen LogP contribution >= 0.6 is 15.9 Å². The van der Waals surface area contributed by atoms with Crippen molar-refractivity contribution >= 4 is 31.9 Å². The van der Waals surface area contributed by atoms with Gasteiger partial charge in [-0.25, -0.2) is 4.99 Å². The fraction of sp³-hybridized carbons (Fsp3) is 0.500. The Morgan fingerprint density at radius 3 is 3.12 bits per heavy atom. The second-order valence-electron chi connectivity index (χ2n) is 3.71. The van der Waals surface area contributed by atoms with Gasteiger partial charge in [0.25, 0.3) is 0 Å². The Labute approximate surface area is 106 Å². The Bertz CT molecular complexity index is 416. The summed E-state index contributed by atoms with van der Waals surface area (Å²) < 4.78 is 12.5. The maximum absolute atomic E-state index is 11.4. The molecule has 0 bridgehead atoms. The van der Waals surface area contributed by atoms with E-state index in [-0.39, 0.29) is 6.17 Å². The maximum Gasteiger partial charge on any atom is 0.193 e. The number of nitrogens with one attached hydrogen (secondary N) is 1. The molecule has 16 heavy (non-hydrogen) atoms. The van der Waals surface area contributed by atoms with Crippen LogP contribution < -0.4 is 5.32 Å². The van der Waals surface area contributed by atoms with Gasteiger partial charge in [0, 0.05) is 36.1 Å². The highest BCUT2D eigenvalue weighted by Gasteiger charge is 2.27. The number of aliphatic imine (C=N–C) groups is 1. The minimum Gasteiger partial charge on any atom is -0.352 e. The molecule has 1 N–H and O–H groups in total. The molecule has 0 saturated heterocycles. The van der Waals surface area contributed by atoms with Gasteiger partial charge in [0.15, 0.2) is 5.17 Å². The normalized spacial score (nSPS) is 26.1. The van der Waals surface area contributed by atoms with Gasteiger partial charge in [-0.1, -0.05) is 15.9 Å². The van der Waals surface area contributed by atoms with E-state index in [1.807, 2.05) is 6.20 Å². The maximum atomic E-state index is 11.4. The summed E-state index contributed by atoms with van der Waals surface area (Å²) >= 11 is 3.52. The van der Waals surface area contributed by atoms with E-state index >= 15 is 0 Å². The molecule has 6 heteroatoms. The fourth-order valence-corrected chi connectivity index (χ4v) is 2.86. The van der Waals surface area contributed by atoms with Gasteiger partial charge in [-0.05, 0) is 12.5 Å². The number of allylic oxidation sites excluding steroid dienone is 1. The number of hydrogen-bond donors (Lipinski definition) is 1. The van der Waals surface area contributed by atoms with Crippen LogP contribution in [0.1, 0.15) is 13.3 Å². The van der Waals surface area contributed by atoms with Crippen molar-refractivity contribution in [3.8, 4) is 0 Å². The van der Waals surface area contributed by atoms with E-state index in [0.717, 1.165) is 17.4 Å². The molecule has 4 nitrogen and oxygen atoms in total. The van der Waals surface area contributed by atoms with E-state index in [1.54, 1.807) is 6.26 Å². The lowest BCUT2D eigenvalue weighted by molar-refractivity contribution is 0.314. The molecule has 0 aromatic carbocycles. The molecule has 0 aromatic rings. The average Bonchev–Trinajstić information content (AvgIpc) is 2.27. The Morgan fingerprint density at radius 1 is 1.75 bits per heavy atom. The highest BCUT2D eigenvalue weighted by molar-refractivity contribution is 9.11. The molecule has 2 atom stereocenters. The molecule has 2 unspecified atom stereocenters. The third-order valence-corrected chi connectivity index (χ3v) is 3.84. The molecule has 0 radical (unpaired) electrons. The van der Waals surface area contributed by atoms with Crippen LogP contribution in [0.2, 0.25) is 0 Å². The van der Waals surface area contributed by atoms with Crippen LogP contribution in [0.4, 0.5) is 0 Å². The highest BCUT2D eigenvalue weighted by atomic mass is 79.9.